The predicted molar refractivity (Wildman–Crippen MR) is 60.6 cm³/mol. The van der Waals surface area contributed by atoms with Crippen molar-refractivity contribution >= 4 is 16.7 Å². The second-order valence-corrected chi connectivity index (χ2v) is 3.49. The minimum absolute atomic E-state index is 0. The molecule has 6 heteroatoms. The topological polar surface area (TPSA) is 72.6 Å². The lowest BCUT2D eigenvalue weighted by Gasteiger charge is -1.91. The number of nitrogens with one attached hydrogen (secondary N) is 2. The van der Waals surface area contributed by atoms with Crippen molar-refractivity contribution in [1.29, 1.82) is 5.39 Å². The van der Waals surface area contributed by atoms with Gasteiger partial charge in [0, 0.05) is 27.6 Å². The quantitative estimate of drug-likeness (QED) is 0.595. The molecule has 0 atom stereocenters. The maximum absolute atomic E-state index is 8.60. The van der Waals surface area contributed by atoms with Gasteiger partial charge in [0.2, 0.25) is 0 Å². The molecule has 0 spiro atoms. The van der Waals surface area contributed by atoms with Crippen molar-refractivity contribution in [3.05, 3.63) is 41.5 Å². The van der Waals surface area contributed by atoms with Crippen LogP contribution in [0, 0.1) is 5.39 Å². The Balaban J connectivity index is 0.00000108. The van der Waals surface area contributed by atoms with Crippen molar-refractivity contribution in [3.8, 4) is 11.3 Å². The molecular weight excluding hydrogens is 238 g/mol. The van der Waals surface area contributed by atoms with Crippen LogP contribution in [-0.2, 0) is 0 Å². The van der Waals surface area contributed by atoms with Crippen LogP contribution in [0.5, 0.6) is 0 Å². The van der Waals surface area contributed by atoms with E-state index >= 15 is 0 Å². The van der Waals surface area contributed by atoms with E-state index in [-0.39, 0.29) is 18.2 Å². The number of hydrogen-bond donors (Lipinski definition) is 2. The van der Waals surface area contributed by atoms with E-state index in [0.29, 0.717) is 0 Å². The maximum atomic E-state index is 8.60. The first-order chi connectivity index (χ1) is 7.88. The van der Waals surface area contributed by atoms with E-state index in [0.717, 1.165) is 22.2 Å². The molecule has 0 unspecified atom stereocenters. The minimum atomic E-state index is 0. The van der Waals surface area contributed by atoms with Crippen molar-refractivity contribution in [3.63, 3.8) is 0 Å². The summed E-state index contributed by atoms with van der Waals surface area (Å²) in [6.45, 7) is 0. The third-order valence-corrected chi connectivity index (χ3v) is 2.55. The van der Waals surface area contributed by atoms with Crippen LogP contribution >= 0.6 is 0 Å². The van der Waals surface area contributed by atoms with Gasteiger partial charge in [-0.15, -0.1) is 0 Å². The Morgan fingerprint density at radius 1 is 1.24 bits per heavy atom. The Bertz CT molecular complexity index is 691. The number of H-pyrrole nitrogens is 2. The fourth-order valence-electron chi connectivity index (χ4n) is 1.79. The highest BCUT2D eigenvalue weighted by molar-refractivity contribution is 5.94. The van der Waals surface area contributed by atoms with E-state index in [9.17, 15) is 0 Å². The summed E-state index contributed by atoms with van der Waals surface area (Å²) in [5.41, 5.74) is 2.90. The highest BCUT2D eigenvalue weighted by Gasteiger charge is 2.14. The third kappa shape index (κ3) is 1.75. The van der Waals surface area contributed by atoms with Gasteiger partial charge in [-0.2, -0.15) is 5.10 Å². The van der Waals surface area contributed by atoms with Gasteiger partial charge in [0.25, 0.3) is 0 Å². The molecule has 84 valence electrons. The van der Waals surface area contributed by atoms with Crippen molar-refractivity contribution in [1.82, 2.24) is 15.2 Å². The maximum Gasteiger partial charge on any atom is 0.488 e. The number of diazo groups is 1. The van der Waals surface area contributed by atoms with Crippen LogP contribution in [0.15, 0.2) is 36.5 Å². The summed E-state index contributed by atoms with van der Waals surface area (Å²) in [7, 11) is 0. The zero-order valence-electron chi connectivity index (χ0n) is 8.68. The molecule has 0 aliphatic carbocycles. The van der Waals surface area contributed by atoms with Gasteiger partial charge in [0.05, 0.1) is 22.3 Å². The molecule has 0 aliphatic rings. The summed E-state index contributed by atoms with van der Waals surface area (Å²) in [6.07, 6.45) is 1.90. The Hall–Kier alpha value is -2.32. The van der Waals surface area contributed by atoms with Crippen LogP contribution in [0.2, 0.25) is 0 Å². The highest BCUT2D eigenvalue weighted by atomic mass is 35.5. The molecule has 17 heavy (non-hydrogen) atoms. The SMILES string of the molecule is N#[N+]c1cc(-c2c[nH]c3ccccc23)[nH]n1.[Cl-]. The highest BCUT2D eigenvalue weighted by Crippen LogP contribution is 2.28. The van der Waals surface area contributed by atoms with E-state index in [2.05, 4.69) is 20.2 Å². The number of hydrogen-bond acceptors (Lipinski definition) is 2. The second-order valence-electron chi connectivity index (χ2n) is 3.49. The average molecular weight is 246 g/mol. The molecular formula is C11H8ClN5. The average Bonchev–Trinajstić information content (AvgIpc) is 2.94. The molecule has 0 bridgehead atoms. The van der Waals surface area contributed by atoms with Gasteiger partial charge in [0.1, 0.15) is 0 Å². The molecule has 2 aromatic heterocycles. The van der Waals surface area contributed by atoms with E-state index in [1.807, 2.05) is 30.5 Å². The fraction of sp³-hybridized carbons (Fsp3) is 0. The monoisotopic (exact) mass is 245 g/mol. The number of fused-ring (bicyclic) bond motifs is 1. The van der Waals surface area contributed by atoms with Gasteiger partial charge in [0.15, 0.2) is 0 Å². The smallest absolute Gasteiger partial charge is 0.488 e. The van der Waals surface area contributed by atoms with E-state index in [1.54, 1.807) is 6.07 Å². The number of para-hydroxylation sites is 1. The lowest BCUT2D eigenvalue weighted by Crippen LogP contribution is -3.00. The van der Waals surface area contributed by atoms with E-state index in [4.69, 9.17) is 5.39 Å². The van der Waals surface area contributed by atoms with Crippen LogP contribution in [0.25, 0.3) is 27.1 Å². The van der Waals surface area contributed by atoms with E-state index < -0.39 is 0 Å². The summed E-state index contributed by atoms with van der Waals surface area (Å²) < 4.78 is 0. The molecule has 0 saturated carbocycles. The predicted octanol–water partition coefficient (Wildman–Crippen LogP) is 0.0466. The third-order valence-electron chi connectivity index (χ3n) is 2.55. The van der Waals surface area contributed by atoms with Crippen LogP contribution in [0.4, 0.5) is 5.82 Å². The van der Waals surface area contributed by atoms with Crippen LogP contribution in [0.3, 0.4) is 0 Å². The first-order valence-corrected chi connectivity index (χ1v) is 4.85. The zero-order chi connectivity index (χ0) is 11.0. The molecule has 3 rings (SSSR count). The Morgan fingerprint density at radius 3 is 2.82 bits per heavy atom. The minimum Gasteiger partial charge on any atom is -1.00 e. The number of aromatic amines is 2. The van der Waals surface area contributed by atoms with Crippen molar-refractivity contribution in [2.75, 3.05) is 0 Å². The fourth-order valence-corrected chi connectivity index (χ4v) is 1.79. The Morgan fingerprint density at radius 2 is 2.06 bits per heavy atom. The molecule has 0 saturated heterocycles. The summed E-state index contributed by atoms with van der Waals surface area (Å²) in [4.78, 5) is 6.20. The molecule has 0 amide bonds. The van der Waals surface area contributed by atoms with Crippen LogP contribution in [-0.4, -0.2) is 15.2 Å². The van der Waals surface area contributed by atoms with Crippen molar-refractivity contribution in [2.24, 2.45) is 0 Å². The van der Waals surface area contributed by atoms with Gasteiger partial charge in [-0.25, -0.2) is 0 Å². The van der Waals surface area contributed by atoms with Gasteiger partial charge >= 0.3 is 5.82 Å². The molecule has 5 nitrogen and oxygen atoms in total. The van der Waals surface area contributed by atoms with Gasteiger partial charge in [-0.1, -0.05) is 18.2 Å². The summed E-state index contributed by atoms with van der Waals surface area (Å²) >= 11 is 0. The molecule has 0 aliphatic heterocycles. The largest absolute Gasteiger partial charge is 1.00 e. The Kier molecular flexibility index (Phi) is 2.81. The summed E-state index contributed by atoms with van der Waals surface area (Å²) in [6, 6.07) is 9.68. The number of halogens is 1. The first-order valence-electron chi connectivity index (χ1n) is 4.85. The van der Waals surface area contributed by atoms with E-state index in [1.165, 1.54) is 0 Å². The second kappa shape index (κ2) is 4.28. The standard InChI is InChI=1S/C11H7N5.ClH/c12-14-11-5-10(15-16-11)8-6-13-9-4-2-1-3-7(8)9;/h1-6,12H;1H. The number of benzene rings is 1. The zero-order valence-corrected chi connectivity index (χ0v) is 9.44. The van der Waals surface area contributed by atoms with Gasteiger partial charge in [-0.05, 0) is 6.07 Å². The van der Waals surface area contributed by atoms with Crippen molar-refractivity contribution < 1.29 is 12.4 Å². The lowest BCUT2D eigenvalue weighted by atomic mass is 10.1. The summed E-state index contributed by atoms with van der Waals surface area (Å²) in [5, 5.41) is 16.4. The van der Waals surface area contributed by atoms with Gasteiger partial charge in [-0.3, -0.25) is 0 Å². The molecule has 0 radical (unpaired) electrons. The molecule has 2 heterocycles. The van der Waals surface area contributed by atoms with Crippen LogP contribution < -0.4 is 12.4 Å². The molecule has 0 fully saturated rings. The van der Waals surface area contributed by atoms with Crippen LogP contribution in [0.1, 0.15) is 0 Å². The lowest BCUT2D eigenvalue weighted by molar-refractivity contribution is -0.00000351. The number of rotatable bonds is 1. The Labute approximate surface area is 103 Å². The number of aromatic nitrogens is 3. The summed E-state index contributed by atoms with van der Waals surface area (Å²) in [5.74, 6) is 0.278. The normalized spacial score (nSPS) is 9.82. The van der Waals surface area contributed by atoms with Crippen molar-refractivity contribution in [2.45, 2.75) is 0 Å². The molecule has 1 aromatic carbocycles. The number of nitrogens with zero attached hydrogens (tertiary/aromatic N) is 3. The molecule has 3 aromatic rings. The van der Waals surface area contributed by atoms with Gasteiger partial charge < -0.3 is 17.4 Å². The first kappa shape index (κ1) is 11.2. The molecule has 2 N–H and O–H groups in total.